The minimum atomic E-state index is -1.22. The number of fused-ring (bicyclic) bond motifs is 1. The number of β-amino-alcohol motifs (C(OH)–C–C–N with tert-alkyl or cyclic N) is 1. The van der Waals surface area contributed by atoms with Gasteiger partial charge < -0.3 is 50.4 Å². The third-order valence-corrected chi connectivity index (χ3v) is 16.7. The maximum atomic E-state index is 15.8. The van der Waals surface area contributed by atoms with Gasteiger partial charge in [-0.25, -0.2) is 0 Å². The second-order valence-corrected chi connectivity index (χ2v) is 21.2. The van der Waals surface area contributed by atoms with Gasteiger partial charge in [0.2, 0.25) is 0 Å². The number of aliphatic hydroxyl groups is 3. The smallest absolute Gasteiger partial charge is 0.167 e. The first-order valence-electron chi connectivity index (χ1n) is 23.2. The molecule has 5 unspecified atom stereocenters. The van der Waals surface area contributed by atoms with Crippen molar-refractivity contribution in [1.29, 1.82) is 0 Å². The lowest BCUT2D eigenvalue weighted by atomic mass is 9.68. The number of methoxy groups -OCH3 is 1. The zero-order valence-electron chi connectivity index (χ0n) is 38.8. The van der Waals surface area contributed by atoms with Crippen molar-refractivity contribution < 1.29 is 44.9 Å². The molecule has 0 radical (unpaired) electrons. The number of carbonyl (C=O) groups is 1. The number of benzene rings is 5. The van der Waals surface area contributed by atoms with E-state index in [0.29, 0.717) is 74.4 Å². The highest BCUT2D eigenvalue weighted by Crippen LogP contribution is 2.55. The highest BCUT2D eigenvalue weighted by atomic mass is 33.1. The monoisotopic (exact) mass is 960 g/mol. The maximum Gasteiger partial charge on any atom is 0.167 e. The number of ether oxygens (including phenoxy) is 2. The van der Waals surface area contributed by atoms with Crippen molar-refractivity contribution in [2.75, 3.05) is 39.8 Å². The normalized spacial score (nSPS) is 20.6. The Morgan fingerprint density at radius 3 is 2.53 bits per heavy atom. The summed E-state index contributed by atoms with van der Waals surface area (Å²) in [4.78, 5) is 20.1. The molecule has 6 aromatic rings. The van der Waals surface area contributed by atoms with Crippen molar-refractivity contribution in [3.8, 4) is 28.7 Å². The van der Waals surface area contributed by atoms with E-state index in [1.165, 1.54) is 17.9 Å². The topological polar surface area (TPSA) is 195 Å². The molecule has 12 nitrogen and oxygen atoms in total. The van der Waals surface area contributed by atoms with E-state index in [1.807, 2.05) is 61.6 Å². The average Bonchev–Trinajstić information content (AvgIpc) is 3.76. The number of ketones is 1. The first kappa shape index (κ1) is 49.2. The summed E-state index contributed by atoms with van der Waals surface area (Å²) in [6.45, 7) is 2.58. The summed E-state index contributed by atoms with van der Waals surface area (Å²) in [5.74, 6) is 0.431. The molecule has 0 bridgehead atoms. The highest BCUT2D eigenvalue weighted by Gasteiger charge is 2.46. The Bertz CT molecular complexity index is 2710. The molecule has 1 aromatic heterocycles. The van der Waals surface area contributed by atoms with Gasteiger partial charge in [-0.1, -0.05) is 87.8 Å². The molecule has 0 fully saturated rings. The molecule has 1 aliphatic carbocycles. The molecule has 8 rings (SSSR count). The van der Waals surface area contributed by atoms with Crippen LogP contribution in [0.15, 0.2) is 97.3 Å². The molecule has 2 aliphatic rings. The molecular weight excluding hydrogens is 899 g/mol. The summed E-state index contributed by atoms with van der Waals surface area (Å²) in [5.41, 5.74) is 5.35. The standard InChI is InChI=1S/C54H62N3O9S2/c1-53(64)30-57-32-66-52-45(61)13-11-39-27-54(17-14-47(50(39)52)68-67-31-53,41-21-34(28-55-2)22-42(59)25-41)48(63)26-46(62)40(20-33-15-18-56-29-33)23-37-10-12-44(60)51(65-3)43(37)24-38-9-5-7-35-6-4-8-36(16-19-58)49(35)38/h4-13,15,18,21-22,25,29,40,46-47,55,57-62,64H,14,16-17,19-20,23-24,26-28,30-32H2,1-3H3/q-1. The van der Waals surface area contributed by atoms with Gasteiger partial charge >= 0.3 is 0 Å². The van der Waals surface area contributed by atoms with Crippen LogP contribution in [0.4, 0.5) is 0 Å². The van der Waals surface area contributed by atoms with Crippen LogP contribution in [-0.4, -0.2) is 87.9 Å². The summed E-state index contributed by atoms with van der Waals surface area (Å²) in [6, 6.07) is 26.3. The number of nitrogens with zero attached hydrogens (tertiary/aromatic N) is 1. The molecule has 14 heteroatoms. The molecule has 68 heavy (non-hydrogen) atoms. The fourth-order valence-corrected chi connectivity index (χ4v) is 13.5. The number of aromatic hydroxyl groups is 3. The zero-order valence-corrected chi connectivity index (χ0v) is 40.5. The summed E-state index contributed by atoms with van der Waals surface area (Å²) in [6.07, 6.45) is 4.85. The number of hydrogen-bond acceptors (Lipinski definition) is 13. The Balaban J connectivity index is 1.19. The number of Topliss-reactive ketones (excluding diaryl/α,β-unsaturated/α-hetero) is 1. The molecule has 0 saturated carbocycles. The number of hydrogen-bond donors (Lipinski definition) is 8. The number of phenols is 3. The van der Waals surface area contributed by atoms with Gasteiger partial charge in [0.15, 0.2) is 23.0 Å². The van der Waals surface area contributed by atoms with Crippen molar-refractivity contribution in [2.24, 2.45) is 5.92 Å². The van der Waals surface area contributed by atoms with Crippen LogP contribution >= 0.6 is 21.6 Å². The van der Waals surface area contributed by atoms with Crippen LogP contribution in [0, 0.1) is 5.92 Å². The fourth-order valence-electron chi connectivity index (χ4n) is 10.3. The number of carbonyl (C=O) groups excluding carboxylic acids is 1. The van der Waals surface area contributed by atoms with Crippen molar-refractivity contribution in [3.05, 3.63) is 147 Å². The Kier molecular flexibility index (Phi) is 15.7. The molecule has 8 N–H and O–H groups in total. The van der Waals surface area contributed by atoms with Crippen molar-refractivity contribution >= 4 is 38.1 Å². The molecule has 2 heterocycles. The number of aromatic nitrogens is 1. The van der Waals surface area contributed by atoms with E-state index >= 15 is 4.79 Å². The molecular formula is C54H62N3O9S2-. The molecule has 0 amide bonds. The third-order valence-electron chi connectivity index (χ3n) is 13.6. The SMILES string of the molecule is CNCc1cc(O)cc(C2(C(=O)CC(O)C(Cc3cc[n-]c3)Cc3ccc(O)c(OC)c3Cc3cccc4cccc(CCO)c34)CCC3SSCC(C)(O)CNCOc4c(O)ccc(c43)C2)c1. The summed E-state index contributed by atoms with van der Waals surface area (Å²) < 4.78 is 12.2. The third kappa shape index (κ3) is 10.8. The fraction of sp³-hybridized carbons (Fsp3) is 0.389. The van der Waals surface area contributed by atoms with Crippen LogP contribution in [-0.2, 0) is 48.9 Å². The van der Waals surface area contributed by atoms with Crippen molar-refractivity contribution in [1.82, 2.24) is 15.6 Å². The van der Waals surface area contributed by atoms with Crippen LogP contribution in [0.2, 0.25) is 0 Å². The summed E-state index contributed by atoms with van der Waals surface area (Å²) >= 11 is 0. The predicted molar refractivity (Wildman–Crippen MR) is 269 cm³/mol. The summed E-state index contributed by atoms with van der Waals surface area (Å²) in [5, 5.41) is 75.7. The lowest BCUT2D eigenvalue weighted by Crippen LogP contribution is -2.41. The summed E-state index contributed by atoms with van der Waals surface area (Å²) in [7, 11) is 6.48. The van der Waals surface area contributed by atoms with Crippen molar-refractivity contribution in [3.63, 3.8) is 0 Å². The van der Waals surface area contributed by atoms with Gasteiger partial charge in [-0.05, 0) is 127 Å². The Hall–Kier alpha value is -5.19. The Labute approximate surface area is 405 Å². The Morgan fingerprint density at radius 2 is 1.78 bits per heavy atom. The molecule has 5 atom stereocenters. The van der Waals surface area contributed by atoms with E-state index in [1.54, 1.807) is 54.4 Å². The average molecular weight is 961 g/mol. The van der Waals surface area contributed by atoms with E-state index in [-0.39, 0.29) is 54.5 Å². The van der Waals surface area contributed by atoms with E-state index in [4.69, 9.17) is 9.47 Å². The van der Waals surface area contributed by atoms with Gasteiger partial charge in [-0.2, -0.15) is 12.4 Å². The number of rotatable bonds is 16. The van der Waals surface area contributed by atoms with Gasteiger partial charge in [-0.15, -0.1) is 0 Å². The quantitative estimate of drug-likeness (QED) is 0.0443. The van der Waals surface area contributed by atoms with E-state index in [0.717, 1.165) is 55.3 Å². The van der Waals surface area contributed by atoms with Crippen LogP contribution in [0.5, 0.6) is 28.7 Å². The number of nitrogens with one attached hydrogen (secondary N) is 2. The molecule has 0 saturated heterocycles. The van der Waals surface area contributed by atoms with E-state index in [2.05, 4.69) is 21.7 Å². The van der Waals surface area contributed by atoms with Gasteiger partial charge in [0.1, 0.15) is 18.3 Å². The first-order valence-corrected chi connectivity index (χ1v) is 25.6. The lowest BCUT2D eigenvalue weighted by Gasteiger charge is -2.35. The van der Waals surface area contributed by atoms with Crippen LogP contribution in [0.3, 0.4) is 0 Å². The van der Waals surface area contributed by atoms with Gasteiger partial charge in [0.25, 0.3) is 0 Å². The minimum Gasteiger partial charge on any atom is -0.670 e. The first-order chi connectivity index (χ1) is 32.8. The predicted octanol–water partition coefficient (Wildman–Crippen LogP) is 7.58. The van der Waals surface area contributed by atoms with E-state index < -0.39 is 23.0 Å². The molecule has 1 aliphatic heterocycles. The molecule has 0 spiro atoms. The Morgan fingerprint density at radius 1 is 0.985 bits per heavy atom. The van der Waals surface area contributed by atoms with E-state index in [9.17, 15) is 30.6 Å². The number of aliphatic hydroxyl groups excluding tert-OH is 2. The van der Waals surface area contributed by atoms with Gasteiger partial charge in [0, 0.05) is 54.7 Å². The van der Waals surface area contributed by atoms with Crippen molar-refractivity contribution in [2.45, 2.75) is 87.2 Å². The lowest BCUT2D eigenvalue weighted by molar-refractivity contribution is -0.127. The van der Waals surface area contributed by atoms with Crippen LogP contribution < -0.4 is 25.1 Å². The van der Waals surface area contributed by atoms with Crippen LogP contribution in [0.1, 0.15) is 81.5 Å². The highest BCUT2D eigenvalue weighted by molar-refractivity contribution is 8.76. The molecule has 360 valence electrons. The molecule has 5 aromatic carbocycles. The minimum absolute atomic E-state index is 0.00110. The maximum absolute atomic E-state index is 15.8. The van der Waals surface area contributed by atoms with Gasteiger partial charge in [-0.3, -0.25) is 10.1 Å². The zero-order chi connectivity index (χ0) is 48.0. The van der Waals surface area contributed by atoms with Gasteiger partial charge in [0.05, 0.1) is 24.2 Å². The number of phenolic OH excluding ortho intramolecular Hbond substituents is 3. The largest absolute Gasteiger partial charge is 0.670 e. The second kappa shape index (κ2) is 21.6. The second-order valence-electron chi connectivity index (χ2n) is 18.6. The van der Waals surface area contributed by atoms with Crippen LogP contribution in [0.25, 0.3) is 10.8 Å².